The summed E-state index contributed by atoms with van der Waals surface area (Å²) in [4.78, 5) is 14.8. The minimum absolute atomic E-state index is 0.0852. The molecule has 1 amide bonds. The number of hydrogen-bond donors (Lipinski definition) is 0. The molecule has 3 heteroatoms. The molecule has 1 aliphatic rings. The molecule has 0 heterocycles. The monoisotopic (exact) mass is 309 g/mol. The first-order valence-corrected chi connectivity index (χ1v) is 8.11. The summed E-state index contributed by atoms with van der Waals surface area (Å²) in [5, 5.41) is 0. The van der Waals surface area contributed by atoms with Gasteiger partial charge in [0, 0.05) is 25.8 Å². The maximum atomic E-state index is 12.9. The van der Waals surface area contributed by atoms with E-state index in [2.05, 4.69) is 24.3 Å². The predicted octanol–water partition coefficient (Wildman–Crippen LogP) is 3.46. The maximum absolute atomic E-state index is 12.9. The molecule has 120 valence electrons. The molecule has 0 spiro atoms. The Balaban J connectivity index is 1.79. The van der Waals surface area contributed by atoms with Gasteiger partial charge < -0.3 is 9.64 Å². The van der Waals surface area contributed by atoms with Crippen molar-refractivity contribution in [3.63, 3.8) is 0 Å². The molecular weight excluding hydrogens is 286 g/mol. The number of hydrogen-bond acceptors (Lipinski definition) is 2. The van der Waals surface area contributed by atoms with Crippen molar-refractivity contribution in [2.24, 2.45) is 0 Å². The van der Waals surface area contributed by atoms with Crippen molar-refractivity contribution >= 4 is 5.91 Å². The molecule has 1 atom stereocenters. The molecule has 23 heavy (non-hydrogen) atoms. The van der Waals surface area contributed by atoms with Crippen molar-refractivity contribution in [2.45, 2.75) is 31.9 Å². The summed E-state index contributed by atoms with van der Waals surface area (Å²) in [7, 11) is 3.58. The van der Waals surface area contributed by atoms with Crippen LogP contribution in [0.1, 0.15) is 33.5 Å². The molecule has 2 aromatic carbocycles. The Hall–Kier alpha value is -2.13. The SMILES string of the molecule is COCc1ccccc1C(=O)N(C)[C@H]1CCc2ccccc2C1. The second kappa shape index (κ2) is 6.97. The second-order valence-electron chi connectivity index (χ2n) is 6.17. The highest BCUT2D eigenvalue weighted by molar-refractivity contribution is 5.95. The minimum atomic E-state index is 0.0852. The van der Waals surface area contributed by atoms with Crippen LogP contribution in [0.4, 0.5) is 0 Å². The van der Waals surface area contributed by atoms with Gasteiger partial charge in [-0.05, 0) is 42.0 Å². The van der Waals surface area contributed by atoms with Crippen LogP contribution < -0.4 is 0 Å². The maximum Gasteiger partial charge on any atom is 0.254 e. The summed E-state index contributed by atoms with van der Waals surface area (Å²) in [6.45, 7) is 0.462. The Kier molecular flexibility index (Phi) is 4.77. The van der Waals surface area contributed by atoms with Crippen molar-refractivity contribution in [3.05, 3.63) is 70.8 Å². The summed E-state index contributed by atoms with van der Waals surface area (Å²) in [5.41, 5.74) is 4.48. The molecule has 1 aliphatic carbocycles. The lowest BCUT2D eigenvalue weighted by Gasteiger charge is -2.33. The van der Waals surface area contributed by atoms with Crippen LogP contribution in [-0.4, -0.2) is 31.0 Å². The average molecular weight is 309 g/mol. The normalized spacial score (nSPS) is 16.7. The Bertz CT molecular complexity index is 696. The first kappa shape index (κ1) is 15.8. The lowest BCUT2D eigenvalue weighted by Crippen LogP contribution is -2.41. The van der Waals surface area contributed by atoms with Crippen LogP contribution in [-0.2, 0) is 24.2 Å². The third-order valence-electron chi connectivity index (χ3n) is 4.74. The summed E-state index contributed by atoms with van der Waals surface area (Å²) < 4.78 is 5.22. The lowest BCUT2D eigenvalue weighted by atomic mass is 9.87. The highest BCUT2D eigenvalue weighted by Gasteiger charge is 2.26. The number of likely N-dealkylation sites (N-methyl/N-ethyl adjacent to an activating group) is 1. The quantitative estimate of drug-likeness (QED) is 0.865. The van der Waals surface area contributed by atoms with Crippen LogP contribution in [0.5, 0.6) is 0 Å². The van der Waals surface area contributed by atoms with Gasteiger partial charge in [-0.1, -0.05) is 42.5 Å². The van der Waals surface area contributed by atoms with Gasteiger partial charge in [0.05, 0.1) is 6.61 Å². The molecule has 0 N–H and O–H groups in total. The van der Waals surface area contributed by atoms with Gasteiger partial charge in [-0.25, -0.2) is 0 Å². The fourth-order valence-corrected chi connectivity index (χ4v) is 3.38. The number of benzene rings is 2. The average Bonchev–Trinajstić information content (AvgIpc) is 2.61. The number of rotatable bonds is 4. The van der Waals surface area contributed by atoms with Crippen LogP contribution >= 0.6 is 0 Å². The van der Waals surface area contributed by atoms with Crippen molar-refractivity contribution in [1.29, 1.82) is 0 Å². The van der Waals surface area contributed by atoms with Gasteiger partial charge in [-0.15, -0.1) is 0 Å². The fourth-order valence-electron chi connectivity index (χ4n) is 3.38. The Morgan fingerprint density at radius 1 is 1.13 bits per heavy atom. The van der Waals surface area contributed by atoms with E-state index in [0.29, 0.717) is 6.61 Å². The molecule has 0 fully saturated rings. The molecule has 2 aromatic rings. The zero-order valence-corrected chi connectivity index (χ0v) is 13.8. The van der Waals surface area contributed by atoms with Gasteiger partial charge in [-0.3, -0.25) is 4.79 Å². The molecule has 0 aromatic heterocycles. The number of nitrogens with zero attached hydrogens (tertiary/aromatic N) is 1. The molecule has 3 nitrogen and oxygen atoms in total. The third kappa shape index (κ3) is 3.30. The number of carbonyl (C=O) groups excluding carboxylic acids is 1. The van der Waals surface area contributed by atoms with Crippen molar-refractivity contribution in [1.82, 2.24) is 4.90 Å². The second-order valence-corrected chi connectivity index (χ2v) is 6.17. The first-order chi connectivity index (χ1) is 11.2. The standard InChI is InChI=1S/C20H23NO2/c1-21(18-12-11-15-7-3-4-8-16(15)13-18)20(22)19-10-6-5-9-17(19)14-23-2/h3-10,18H,11-14H2,1-2H3/t18-/m0/s1. The van der Waals surface area contributed by atoms with Crippen molar-refractivity contribution < 1.29 is 9.53 Å². The summed E-state index contributed by atoms with van der Waals surface area (Å²) in [6.07, 6.45) is 2.99. The number of ether oxygens (including phenoxy) is 1. The van der Waals surface area contributed by atoms with E-state index in [1.54, 1.807) is 7.11 Å². The minimum Gasteiger partial charge on any atom is -0.380 e. The topological polar surface area (TPSA) is 29.5 Å². The van der Waals surface area contributed by atoms with Crippen molar-refractivity contribution in [2.75, 3.05) is 14.2 Å². The van der Waals surface area contributed by atoms with Gasteiger partial charge in [0.1, 0.15) is 0 Å². The summed E-state index contributed by atoms with van der Waals surface area (Å²) in [6, 6.07) is 16.5. The third-order valence-corrected chi connectivity index (χ3v) is 4.74. The van der Waals surface area contributed by atoms with Crippen LogP contribution in [0.2, 0.25) is 0 Å². The number of methoxy groups -OCH3 is 1. The Labute approximate surface area is 137 Å². The number of aryl methyl sites for hydroxylation is 1. The van der Waals surface area contributed by atoms with Crippen molar-refractivity contribution in [3.8, 4) is 0 Å². The fraction of sp³-hybridized carbons (Fsp3) is 0.350. The number of carbonyl (C=O) groups is 1. The van der Waals surface area contributed by atoms with E-state index in [4.69, 9.17) is 4.74 Å². The van der Waals surface area contributed by atoms with Gasteiger partial charge in [0.15, 0.2) is 0 Å². The van der Waals surface area contributed by atoms with E-state index in [1.165, 1.54) is 11.1 Å². The van der Waals surface area contributed by atoms with Crippen LogP contribution in [0.15, 0.2) is 48.5 Å². The first-order valence-electron chi connectivity index (χ1n) is 8.11. The van der Waals surface area contributed by atoms with Gasteiger partial charge in [0.2, 0.25) is 0 Å². The van der Waals surface area contributed by atoms with Crippen LogP contribution in [0.25, 0.3) is 0 Å². The van der Waals surface area contributed by atoms with Crippen LogP contribution in [0, 0.1) is 0 Å². The van der Waals surface area contributed by atoms with E-state index >= 15 is 0 Å². The summed E-state index contributed by atoms with van der Waals surface area (Å²) >= 11 is 0. The van der Waals surface area contributed by atoms with Crippen LogP contribution in [0.3, 0.4) is 0 Å². The molecule has 0 aliphatic heterocycles. The van der Waals surface area contributed by atoms with E-state index in [-0.39, 0.29) is 11.9 Å². The summed E-state index contributed by atoms with van der Waals surface area (Å²) in [5.74, 6) is 0.0852. The Morgan fingerprint density at radius 2 is 1.83 bits per heavy atom. The molecule has 3 rings (SSSR count). The Morgan fingerprint density at radius 3 is 2.61 bits per heavy atom. The van der Waals surface area contributed by atoms with Gasteiger partial charge in [-0.2, -0.15) is 0 Å². The lowest BCUT2D eigenvalue weighted by molar-refractivity contribution is 0.0714. The van der Waals surface area contributed by atoms with Gasteiger partial charge >= 0.3 is 0 Å². The van der Waals surface area contributed by atoms with E-state index < -0.39 is 0 Å². The largest absolute Gasteiger partial charge is 0.380 e. The molecule has 0 saturated carbocycles. The zero-order valence-electron chi connectivity index (χ0n) is 13.8. The van der Waals surface area contributed by atoms with E-state index in [9.17, 15) is 4.79 Å². The molecule has 0 unspecified atom stereocenters. The van der Waals surface area contributed by atoms with E-state index in [1.807, 2.05) is 36.2 Å². The van der Waals surface area contributed by atoms with E-state index in [0.717, 1.165) is 30.4 Å². The molecule has 0 bridgehead atoms. The predicted molar refractivity (Wildman–Crippen MR) is 91.5 cm³/mol. The highest BCUT2D eigenvalue weighted by Crippen LogP contribution is 2.25. The number of fused-ring (bicyclic) bond motifs is 1. The van der Waals surface area contributed by atoms with Gasteiger partial charge in [0.25, 0.3) is 5.91 Å². The smallest absolute Gasteiger partial charge is 0.254 e. The zero-order chi connectivity index (χ0) is 16.2. The molecular formula is C20H23NO2. The molecule has 0 saturated heterocycles. The number of amides is 1. The highest BCUT2D eigenvalue weighted by atomic mass is 16.5. The molecule has 0 radical (unpaired) electrons.